The van der Waals surface area contributed by atoms with Crippen LogP contribution in [0.3, 0.4) is 0 Å². The summed E-state index contributed by atoms with van der Waals surface area (Å²) in [6.07, 6.45) is 12.5. The lowest BCUT2D eigenvalue weighted by atomic mass is 9.76. The monoisotopic (exact) mass is 537 g/mol. The number of hydrogen-bond donors (Lipinski definition) is 2. The maximum absolute atomic E-state index is 13.7. The number of aliphatic carboxylic acids is 1. The van der Waals surface area contributed by atoms with Crippen LogP contribution in [0.1, 0.15) is 64.4 Å². The van der Waals surface area contributed by atoms with Gasteiger partial charge in [-0.1, -0.05) is 61.9 Å². The zero-order valence-corrected chi connectivity index (χ0v) is 22.8. The number of rotatable bonds is 9. The van der Waals surface area contributed by atoms with Crippen LogP contribution in [0.25, 0.3) is 0 Å². The molecule has 1 aromatic rings. The molecule has 2 unspecified atom stereocenters. The molecule has 8 heteroatoms. The Kier molecular flexibility index (Phi) is 8.87. The van der Waals surface area contributed by atoms with E-state index in [-0.39, 0.29) is 24.8 Å². The Bertz CT molecular complexity index is 1210. The number of nitrogens with zero attached hydrogens (tertiary/aromatic N) is 2. The van der Waals surface area contributed by atoms with E-state index in [0.717, 1.165) is 43.2 Å². The molecule has 0 radical (unpaired) electrons. The Labute approximate surface area is 229 Å². The molecule has 1 heterocycles. The number of amides is 2. The van der Waals surface area contributed by atoms with Gasteiger partial charge in [-0.15, -0.1) is 0 Å². The lowest BCUT2D eigenvalue weighted by Gasteiger charge is -2.44. The molecule has 1 spiro atoms. The third kappa shape index (κ3) is 6.62. The Hall–Kier alpha value is -3.19. The first kappa shape index (κ1) is 27.8. The van der Waals surface area contributed by atoms with E-state index in [1.165, 1.54) is 0 Å². The first-order chi connectivity index (χ1) is 18.2. The second-order valence-corrected chi connectivity index (χ2v) is 11.2. The number of halogens is 1. The summed E-state index contributed by atoms with van der Waals surface area (Å²) in [6.45, 7) is 5.20. The van der Waals surface area contributed by atoms with Gasteiger partial charge in [0.2, 0.25) is 5.91 Å². The molecule has 0 bridgehead atoms. The SMILES string of the molecule is CC1CC(C)CC2(C1)N=C(c1cccc(Cl)c1)C(=O)N2CCCC1=CC=C(C(=O)NCCC(=O)O)CC=C1. The van der Waals surface area contributed by atoms with E-state index in [0.29, 0.717) is 41.1 Å². The molecule has 3 aliphatic rings. The number of carboxylic acids is 1. The van der Waals surface area contributed by atoms with Gasteiger partial charge in [0.05, 0.1) is 6.42 Å². The Morgan fingerprint density at radius 3 is 2.68 bits per heavy atom. The summed E-state index contributed by atoms with van der Waals surface area (Å²) in [6, 6.07) is 7.37. The van der Waals surface area contributed by atoms with Gasteiger partial charge in [0.1, 0.15) is 11.4 Å². The van der Waals surface area contributed by atoms with Crippen LogP contribution in [-0.4, -0.2) is 52.3 Å². The minimum Gasteiger partial charge on any atom is -0.481 e. The number of benzene rings is 1. The van der Waals surface area contributed by atoms with Crippen molar-refractivity contribution < 1.29 is 19.5 Å². The summed E-state index contributed by atoms with van der Waals surface area (Å²) in [7, 11) is 0. The minimum absolute atomic E-state index is 0.0285. The van der Waals surface area contributed by atoms with E-state index in [4.69, 9.17) is 21.7 Å². The molecule has 1 saturated carbocycles. The Morgan fingerprint density at radius 2 is 1.97 bits per heavy atom. The van der Waals surface area contributed by atoms with Crippen molar-refractivity contribution in [2.24, 2.45) is 16.8 Å². The summed E-state index contributed by atoms with van der Waals surface area (Å²) in [4.78, 5) is 43.9. The molecule has 1 aromatic carbocycles. The normalized spacial score (nSPS) is 25.1. The molecule has 2 aliphatic carbocycles. The van der Waals surface area contributed by atoms with Gasteiger partial charge in [-0.3, -0.25) is 19.4 Å². The second-order valence-electron chi connectivity index (χ2n) is 10.8. The lowest BCUT2D eigenvalue weighted by molar-refractivity contribution is -0.137. The van der Waals surface area contributed by atoms with Gasteiger partial charge in [-0.25, -0.2) is 0 Å². The smallest absolute Gasteiger partial charge is 0.305 e. The topological polar surface area (TPSA) is 99.1 Å². The number of carboxylic acid groups (broad SMARTS) is 1. The number of hydrogen-bond acceptors (Lipinski definition) is 4. The fourth-order valence-corrected chi connectivity index (χ4v) is 6.16. The molecular formula is C30H36ClN3O4. The standard InChI is InChI=1S/C30H36ClN3O4/c1-20-16-21(2)19-30(18-20)33-27(24-9-4-10-25(31)17-24)29(38)34(30)15-5-7-22-6-3-8-23(12-11-22)28(37)32-14-13-26(35)36/h3-4,6,9-12,17,20-21H,5,7-8,13-16,18-19H2,1-2H3,(H,32,37)(H,35,36). The predicted octanol–water partition coefficient (Wildman–Crippen LogP) is 5.31. The van der Waals surface area contributed by atoms with Crippen molar-refractivity contribution in [1.82, 2.24) is 10.2 Å². The predicted molar refractivity (Wildman–Crippen MR) is 149 cm³/mol. The first-order valence-corrected chi connectivity index (χ1v) is 13.8. The fraction of sp³-hybridized carbons (Fsp3) is 0.467. The highest BCUT2D eigenvalue weighted by atomic mass is 35.5. The van der Waals surface area contributed by atoms with Gasteiger partial charge >= 0.3 is 5.97 Å². The van der Waals surface area contributed by atoms with Crippen LogP contribution in [0.15, 0.2) is 64.7 Å². The average molecular weight is 538 g/mol. The van der Waals surface area contributed by atoms with Crippen LogP contribution in [0.5, 0.6) is 0 Å². The van der Waals surface area contributed by atoms with Crippen molar-refractivity contribution >= 4 is 35.1 Å². The summed E-state index contributed by atoms with van der Waals surface area (Å²) >= 11 is 6.24. The zero-order valence-electron chi connectivity index (χ0n) is 22.1. The van der Waals surface area contributed by atoms with Crippen molar-refractivity contribution in [3.8, 4) is 0 Å². The molecule has 1 fully saturated rings. The van der Waals surface area contributed by atoms with Gasteiger partial charge in [-0.2, -0.15) is 0 Å². The molecule has 202 valence electrons. The molecule has 2 amide bonds. The highest BCUT2D eigenvalue weighted by molar-refractivity contribution is 6.47. The van der Waals surface area contributed by atoms with Gasteiger partial charge in [-0.05, 0) is 68.1 Å². The number of carbonyl (C=O) groups is 3. The van der Waals surface area contributed by atoms with E-state index in [2.05, 4.69) is 19.2 Å². The van der Waals surface area contributed by atoms with Crippen LogP contribution < -0.4 is 5.32 Å². The van der Waals surface area contributed by atoms with E-state index >= 15 is 0 Å². The van der Waals surface area contributed by atoms with Crippen LogP contribution in [0.4, 0.5) is 0 Å². The number of allylic oxidation sites excluding steroid dienone is 5. The van der Waals surface area contributed by atoms with Crippen LogP contribution in [0, 0.1) is 11.8 Å². The summed E-state index contributed by atoms with van der Waals surface area (Å²) in [5.74, 6) is -0.255. The molecule has 38 heavy (non-hydrogen) atoms. The molecule has 0 saturated heterocycles. The van der Waals surface area contributed by atoms with Crippen molar-refractivity contribution in [3.05, 3.63) is 70.3 Å². The van der Waals surface area contributed by atoms with Gasteiger partial charge < -0.3 is 15.3 Å². The maximum atomic E-state index is 13.7. The summed E-state index contributed by atoms with van der Waals surface area (Å²) in [5.41, 5.74) is 2.44. The van der Waals surface area contributed by atoms with Crippen molar-refractivity contribution in [2.75, 3.05) is 13.1 Å². The van der Waals surface area contributed by atoms with Crippen molar-refractivity contribution in [3.63, 3.8) is 0 Å². The first-order valence-electron chi connectivity index (χ1n) is 13.4. The molecule has 2 N–H and O–H groups in total. The maximum Gasteiger partial charge on any atom is 0.305 e. The average Bonchev–Trinajstić information content (AvgIpc) is 2.99. The highest BCUT2D eigenvalue weighted by Gasteiger charge is 2.50. The van der Waals surface area contributed by atoms with Gasteiger partial charge in [0.15, 0.2) is 0 Å². The minimum atomic E-state index is -0.942. The molecule has 1 aliphatic heterocycles. The van der Waals surface area contributed by atoms with Gasteiger partial charge in [0, 0.05) is 29.2 Å². The zero-order chi connectivity index (χ0) is 27.3. The van der Waals surface area contributed by atoms with Crippen molar-refractivity contribution in [1.29, 1.82) is 0 Å². The van der Waals surface area contributed by atoms with Gasteiger partial charge in [0.25, 0.3) is 5.91 Å². The molecule has 4 rings (SSSR count). The molecular weight excluding hydrogens is 502 g/mol. The van der Waals surface area contributed by atoms with Crippen molar-refractivity contribution in [2.45, 2.75) is 64.5 Å². The Morgan fingerprint density at radius 1 is 1.21 bits per heavy atom. The summed E-state index contributed by atoms with van der Waals surface area (Å²) < 4.78 is 0. The number of carbonyl (C=O) groups excluding carboxylic acids is 2. The molecule has 2 atom stereocenters. The van der Waals surface area contributed by atoms with Crippen LogP contribution in [-0.2, 0) is 14.4 Å². The van der Waals surface area contributed by atoms with E-state index in [1.54, 1.807) is 12.1 Å². The quantitative estimate of drug-likeness (QED) is 0.446. The van der Waals surface area contributed by atoms with Crippen LogP contribution >= 0.6 is 11.6 Å². The Balaban J connectivity index is 1.45. The van der Waals surface area contributed by atoms with Crippen LogP contribution in [0.2, 0.25) is 5.02 Å². The lowest BCUT2D eigenvalue weighted by Crippen LogP contribution is -2.51. The van der Waals surface area contributed by atoms with E-state index in [1.807, 2.05) is 41.3 Å². The molecule has 0 aromatic heterocycles. The third-order valence-corrected chi connectivity index (χ3v) is 7.69. The third-order valence-electron chi connectivity index (χ3n) is 7.46. The summed E-state index contributed by atoms with van der Waals surface area (Å²) in [5, 5.41) is 12.0. The van der Waals surface area contributed by atoms with E-state index in [9.17, 15) is 14.4 Å². The highest BCUT2D eigenvalue weighted by Crippen LogP contribution is 2.44. The fourth-order valence-electron chi connectivity index (χ4n) is 5.97. The largest absolute Gasteiger partial charge is 0.481 e. The molecule has 7 nitrogen and oxygen atoms in total. The second kappa shape index (κ2) is 12.1. The number of aliphatic imine (C=N–C) groups is 1. The van der Waals surface area contributed by atoms with E-state index < -0.39 is 11.6 Å². The number of nitrogens with one attached hydrogen (secondary N) is 1.